The van der Waals surface area contributed by atoms with Crippen LogP contribution >= 0.6 is 34.3 Å². The summed E-state index contributed by atoms with van der Waals surface area (Å²) in [5, 5.41) is 21.4. The van der Waals surface area contributed by atoms with E-state index in [4.69, 9.17) is 21.3 Å². The lowest BCUT2D eigenvalue weighted by atomic mass is 9.99. The second-order valence-corrected chi connectivity index (χ2v) is 21.1. The number of pyridine rings is 1. The minimum absolute atomic E-state index is 0.0429. The number of benzene rings is 2. The van der Waals surface area contributed by atoms with Crippen molar-refractivity contribution in [3.8, 4) is 32.4 Å². The lowest BCUT2D eigenvalue weighted by Crippen LogP contribution is -2.48. The van der Waals surface area contributed by atoms with Crippen LogP contribution in [0.25, 0.3) is 26.6 Å². The number of nitrogens with zero attached hydrogens (tertiary/aromatic N) is 9. The summed E-state index contributed by atoms with van der Waals surface area (Å²) < 4.78 is 9.96. The van der Waals surface area contributed by atoms with E-state index in [1.807, 2.05) is 99.4 Å². The van der Waals surface area contributed by atoms with Crippen LogP contribution in [-0.4, -0.2) is 88.1 Å². The Hall–Kier alpha value is -6.56. The fraction of sp³-hybridized carbons (Fsp3) is 0.365. The highest BCUT2D eigenvalue weighted by atomic mass is 35.5. The van der Waals surface area contributed by atoms with Crippen LogP contribution in [0, 0.1) is 39.5 Å². The number of thiazole rings is 1. The zero-order chi connectivity index (χ0) is 49.4. The van der Waals surface area contributed by atoms with E-state index in [0.717, 1.165) is 66.1 Å². The molecule has 7 aromatic rings. The van der Waals surface area contributed by atoms with E-state index in [1.165, 1.54) is 4.88 Å². The van der Waals surface area contributed by atoms with Gasteiger partial charge in [-0.2, -0.15) is 5.10 Å². The summed E-state index contributed by atoms with van der Waals surface area (Å²) in [5.74, 6) is 1.22. The van der Waals surface area contributed by atoms with E-state index in [1.54, 1.807) is 44.6 Å². The Balaban J connectivity index is 0.831. The number of thiophene rings is 1. The number of hydrogen-bond donors (Lipinski definition) is 2. The first-order valence-electron chi connectivity index (χ1n) is 23.5. The minimum Gasteiger partial charge on any atom is -0.473 e. The molecule has 2 aromatic carbocycles. The Kier molecular flexibility index (Phi) is 14.1. The monoisotopic (exact) mass is 997 g/mol. The topological polar surface area (TPSA) is 174 Å². The first-order chi connectivity index (χ1) is 33.6. The number of nitrogens with one attached hydrogen (secondary N) is 2. The summed E-state index contributed by atoms with van der Waals surface area (Å²) in [5.41, 5.74) is 10.3. The molecule has 18 heteroatoms. The summed E-state index contributed by atoms with van der Waals surface area (Å²) in [6.45, 7) is 17.1. The standard InChI is InChI=1S/C52H56ClN11O4S2/c1-28(2)47(51(67)62-25-29(3)19-42(62)50(66)56-23-35-9-11-37(12-10-35)48-32(6)57-27-69-48)63-26-39(24-58-63)38-17-18-54-44(20-38)68-30(4)22-55-43(65)21-41-49-61-60-34(8)64(49)52-45(31(5)33(7)70-52)46(59-41)36-13-15-40(53)16-14-36/h9-18,20,24,26-30,41-42,47H,19,21-23,25H2,1-8H3,(H,55,65)(H,56,66)/t29-,30-,41+,42+,47+/m1/s1. The Bertz CT molecular complexity index is 3080. The first-order valence-corrected chi connectivity index (χ1v) is 25.6. The van der Waals surface area contributed by atoms with E-state index in [2.05, 4.69) is 68.8 Å². The summed E-state index contributed by atoms with van der Waals surface area (Å²) in [6.07, 6.45) is 5.43. The van der Waals surface area contributed by atoms with Crippen molar-refractivity contribution >= 4 is 57.7 Å². The maximum Gasteiger partial charge on any atom is 0.248 e. The van der Waals surface area contributed by atoms with Gasteiger partial charge in [0.15, 0.2) is 5.82 Å². The molecule has 70 heavy (non-hydrogen) atoms. The van der Waals surface area contributed by atoms with Gasteiger partial charge in [-0.25, -0.2) is 9.97 Å². The largest absolute Gasteiger partial charge is 0.473 e. The molecule has 5 atom stereocenters. The predicted octanol–water partition coefficient (Wildman–Crippen LogP) is 9.21. The fourth-order valence-electron chi connectivity index (χ4n) is 9.25. The highest BCUT2D eigenvalue weighted by Gasteiger charge is 2.42. The molecule has 2 aliphatic rings. The molecular weight excluding hydrogens is 942 g/mol. The lowest BCUT2D eigenvalue weighted by molar-refractivity contribution is -0.142. The van der Waals surface area contributed by atoms with Crippen molar-refractivity contribution in [2.75, 3.05) is 13.1 Å². The van der Waals surface area contributed by atoms with Gasteiger partial charge in [-0.05, 0) is 93.3 Å². The molecule has 362 valence electrons. The number of carbonyl (C=O) groups excluding carboxylic acids is 3. The van der Waals surface area contributed by atoms with Gasteiger partial charge in [-0.15, -0.1) is 32.9 Å². The van der Waals surface area contributed by atoms with Gasteiger partial charge >= 0.3 is 0 Å². The summed E-state index contributed by atoms with van der Waals surface area (Å²) >= 11 is 9.55. The summed E-state index contributed by atoms with van der Waals surface area (Å²) in [6, 6.07) is 17.6. The van der Waals surface area contributed by atoms with Crippen molar-refractivity contribution in [1.29, 1.82) is 0 Å². The van der Waals surface area contributed by atoms with Crippen molar-refractivity contribution in [3.05, 3.63) is 134 Å². The van der Waals surface area contributed by atoms with Gasteiger partial charge in [0.05, 0.1) is 41.0 Å². The van der Waals surface area contributed by atoms with Gasteiger partial charge in [0.1, 0.15) is 35.1 Å². The molecule has 9 rings (SSSR count). The minimum atomic E-state index is -0.632. The van der Waals surface area contributed by atoms with Crippen molar-refractivity contribution in [2.45, 2.75) is 99.0 Å². The Morgan fingerprint density at radius 1 is 0.914 bits per heavy atom. The van der Waals surface area contributed by atoms with Crippen LogP contribution in [0.2, 0.25) is 5.02 Å². The second-order valence-electron chi connectivity index (χ2n) is 18.7. The van der Waals surface area contributed by atoms with Gasteiger partial charge in [0.25, 0.3) is 0 Å². The number of aryl methyl sites for hydroxylation is 3. The molecule has 3 amide bonds. The Labute approximate surface area is 420 Å². The van der Waals surface area contributed by atoms with E-state index in [0.29, 0.717) is 36.2 Å². The van der Waals surface area contributed by atoms with E-state index in [-0.39, 0.29) is 42.5 Å². The third-order valence-electron chi connectivity index (χ3n) is 13.0. The van der Waals surface area contributed by atoms with Crippen LogP contribution < -0.4 is 15.4 Å². The van der Waals surface area contributed by atoms with Crippen LogP contribution in [0.1, 0.15) is 97.1 Å². The van der Waals surface area contributed by atoms with Gasteiger partial charge < -0.3 is 20.3 Å². The quantitative estimate of drug-likeness (QED) is 0.102. The third-order valence-corrected chi connectivity index (χ3v) is 15.4. The number of aromatic nitrogens is 7. The SMILES string of the molecule is Cc1ncsc1-c1ccc(CNC(=O)[C@@H]2C[C@@H](C)CN2C(=O)[C@H](C(C)C)n2cc(-c3ccnc(O[C@H](C)CNC(=O)C[C@@H]4N=C(c5ccc(Cl)cc5)c5c(sc(C)c5C)-n5c(C)nnc54)c3)cn2)cc1. The van der Waals surface area contributed by atoms with Crippen LogP contribution in [0.5, 0.6) is 5.88 Å². The molecular formula is C52H56ClN11O4S2. The van der Waals surface area contributed by atoms with Crippen LogP contribution in [0.15, 0.2) is 89.8 Å². The van der Waals surface area contributed by atoms with Gasteiger partial charge in [0, 0.05) is 58.1 Å². The molecule has 7 heterocycles. The number of ether oxygens (including phenoxy) is 1. The molecule has 0 saturated carbocycles. The van der Waals surface area contributed by atoms with E-state index in [9.17, 15) is 14.4 Å². The molecule has 2 aliphatic heterocycles. The van der Waals surface area contributed by atoms with E-state index < -0.39 is 24.2 Å². The van der Waals surface area contributed by atoms with Crippen molar-refractivity contribution in [3.63, 3.8) is 0 Å². The number of aliphatic imine (C=N–C) groups is 1. The van der Waals surface area contributed by atoms with Crippen molar-refractivity contribution in [2.24, 2.45) is 16.8 Å². The molecule has 1 saturated heterocycles. The van der Waals surface area contributed by atoms with Crippen LogP contribution in [0.3, 0.4) is 0 Å². The first kappa shape index (κ1) is 48.5. The van der Waals surface area contributed by atoms with Gasteiger partial charge in [-0.1, -0.05) is 68.8 Å². The molecule has 0 spiro atoms. The zero-order valence-corrected chi connectivity index (χ0v) is 42.8. The highest BCUT2D eigenvalue weighted by molar-refractivity contribution is 7.15. The highest BCUT2D eigenvalue weighted by Crippen LogP contribution is 2.40. The number of hydrogen-bond acceptors (Lipinski definition) is 12. The molecule has 1 fully saturated rings. The number of likely N-dealkylation sites (tertiary alicyclic amines) is 1. The molecule has 0 radical (unpaired) electrons. The number of halogens is 1. The molecule has 0 aliphatic carbocycles. The maximum atomic E-state index is 14.5. The van der Waals surface area contributed by atoms with E-state index >= 15 is 0 Å². The smallest absolute Gasteiger partial charge is 0.248 e. The number of rotatable bonds is 15. The van der Waals surface area contributed by atoms with Crippen LogP contribution in [0.4, 0.5) is 0 Å². The average Bonchev–Trinajstić information content (AvgIpc) is 4.19. The maximum absolute atomic E-state index is 14.5. The van der Waals surface area contributed by atoms with Crippen LogP contribution in [-0.2, 0) is 20.9 Å². The van der Waals surface area contributed by atoms with Gasteiger partial charge in [0.2, 0.25) is 23.6 Å². The van der Waals surface area contributed by atoms with Gasteiger partial charge in [-0.3, -0.25) is 28.6 Å². The predicted molar refractivity (Wildman–Crippen MR) is 274 cm³/mol. The summed E-state index contributed by atoms with van der Waals surface area (Å²) in [7, 11) is 0. The van der Waals surface area contributed by atoms with Crippen molar-refractivity contribution in [1.82, 2.24) is 50.0 Å². The molecule has 0 bridgehead atoms. The number of carbonyl (C=O) groups is 3. The molecule has 2 N–H and O–H groups in total. The number of fused-ring (bicyclic) bond motifs is 3. The second kappa shape index (κ2) is 20.4. The average molecular weight is 999 g/mol. The fourth-order valence-corrected chi connectivity index (χ4v) is 11.4. The zero-order valence-electron chi connectivity index (χ0n) is 40.4. The lowest BCUT2D eigenvalue weighted by Gasteiger charge is -2.30. The van der Waals surface area contributed by atoms with Crippen molar-refractivity contribution < 1.29 is 19.1 Å². The summed E-state index contributed by atoms with van der Waals surface area (Å²) in [4.78, 5) is 60.0. The Morgan fingerprint density at radius 2 is 1.67 bits per heavy atom. The molecule has 15 nitrogen and oxygen atoms in total. The molecule has 5 aromatic heterocycles. The molecule has 0 unspecified atom stereocenters. The third kappa shape index (κ3) is 10.1. The normalized spacial score (nSPS) is 17.4. The number of amides is 3. The Morgan fingerprint density at radius 3 is 2.40 bits per heavy atom.